The third-order valence-electron chi connectivity index (χ3n) is 5.45. The molecule has 2 N–H and O–H groups in total. The van der Waals surface area contributed by atoms with E-state index in [0.717, 1.165) is 19.3 Å². The first-order chi connectivity index (χ1) is 12.7. The van der Waals surface area contributed by atoms with Gasteiger partial charge in [0.15, 0.2) is 0 Å². The van der Waals surface area contributed by atoms with Crippen molar-refractivity contribution >= 4 is 17.5 Å². The topological polar surface area (TPSA) is 91.7 Å². The fraction of sp³-hybridized carbons (Fsp3) is 0.850. The van der Waals surface area contributed by atoms with Crippen molar-refractivity contribution in [2.45, 2.75) is 96.0 Å². The number of aliphatic carboxylic acids is 1. The average Bonchev–Trinajstić information content (AvgIpc) is 2.86. The van der Waals surface area contributed by atoms with Gasteiger partial charge in [-0.3, -0.25) is 14.4 Å². The van der Waals surface area contributed by atoms with Gasteiger partial charge in [-0.15, -0.1) is 0 Å². The van der Waals surface area contributed by atoms with E-state index in [0.29, 0.717) is 19.3 Å². The SMILES string of the molecule is CCCCC(F)(F)C(=O)CC[C@H]1[C@H](O)CC(=O)[C@H]1CCCCCCC(=O)O. The zero-order valence-electron chi connectivity index (χ0n) is 16.1. The number of Topliss-reactive ketones (excluding diaryl/α,β-unsaturated/α-hetero) is 2. The minimum Gasteiger partial charge on any atom is -0.481 e. The summed E-state index contributed by atoms with van der Waals surface area (Å²) < 4.78 is 27.6. The van der Waals surface area contributed by atoms with Gasteiger partial charge in [0.2, 0.25) is 5.78 Å². The first-order valence-corrected chi connectivity index (χ1v) is 10.0. The standard InChI is InChI=1S/C20H32F2O5/c1-2-3-12-20(21,22)18(25)11-10-15-14(16(23)13-17(15)24)8-6-4-5-7-9-19(26)27/h14-15,17,24H,2-13H2,1H3,(H,26,27)/t14-,15+,17+/m0/s1. The molecule has 5 nitrogen and oxygen atoms in total. The number of alkyl halides is 2. The second-order valence-corrected chi connectivity index (χ2v) is 7.62. The van der Waals surface area contributed by atoms with Crippen LogP contribution in [0.2, 0.25) is 0 Å². The average molecular weight is 390 g/mol. The molecule has 0 heterocycles. The van der Waals surface area contributed by atoms with Crippen LogP contribution in [0, 0.1) is 11.8 Å². The normalized spacial score (nSPS) is 23.0. The van der Waals surface area contributed by atoms with Crippen LogP contribution >= 0.6 is 0 Å². The maximum Gasteiger partial charge on any atom is 0.305 e. The summed E-state index contributed by atoms with van der Waals surface area (Å²) in [5, 5.41) is 18.7. The van der Waals surface area contributed by atoms with Crippen molar-refractivity contribution in [1.29, 1.82) is 0 Å². The summed E-state index contributed by atoms with van der Waals surface area (Å²) in [5.41, 5.74) is 0. The van der Waals surface area contributed by atoms with Crippen LogP contribution in [-0.2, 0) is 14.4 Å². The van der Waals surface area contributed by atoms with Crippen molar-refractivity contribution in [3.05, 3.63) is 0 Å². The Morgan fingerprint density at radius 1 is 1.07 bits per heavy atom. The number of unbranched alkanes of at least 4 members (excludes halogenated alkanes) is 4. The number of carboxylic acid groups (broad SMARTS) is 1. The Morgan fingerprint density at radius 2 is 1.74 bits per heavy atom. The number of halogens is 2. The van der Waals surface area contributed by atoms with Gasteiger partial charge in [-0.1, -0.05) is 32.6 Å². The number of ketones is 2. The van der Waals surface area contributed by atoms with E-state index in [4.69, 9.17) is 5.11 Å². The van der Waals surface area contributed by atoms with E-state index >= 15 is 0 Å². The van der Waals surface area contributed by atoms with E-state index < -0.39 is 42.0 Å². The third-order valence-corrected chi connectivity index (χ3v) is 5.45. The quantitative estimate of drug-likeness (QED) is 0.435. The molecule has 156 valence electrons. The number of aliphatic hydroxyl groups excluding tert-OH is 1. The largest absolute Gasteiger partial charge is 0.481 e. The molecule has 1 saturated carbocycles. The molecule has 1 fully saturated rings. The van der Waals surface area contributed by atoms with Gasteiger partial charge in [-0.25, -0.2) is 0 Å². The molecule has 1 aliphatic rings. The Labute approximate surface area is 159 Å². The molecule has 0 saturated heterocycles. The van der Waals surface area contributed by atoms with Gasteiger partial charge in [0.05, 0.1) is 6.10 Å². The summed E-state index contributed by atoms with van der Waals surface area (Å²) in [6, 6.07) is 0. The predicted octanol–water partition coefficient (Wildman–Crippen LogP) is 4.15. The summed E-state index contributed by atoms with van der Waals surface area (Å²) >= 11 is 0. The first kappa shape index (κ1) is 23.7. The van der Waals surface area contributed by atoms with E-state index in [9.17, 15) is 28.3 Å². The van der Waals surface area contributed by atoms with Crippen LogP contribution < -0.4 is 0 Å². The van der Waals surface area contributed by atoms with Crippen LogP contribution in [0.1, 0.15) is 84.0 Å². The fourth-order valence-electron chi connectivity index (χ4n) is 3.80. The third kappa shape index (κ3) is 8.03. The van der Waals surface area contributed by atoms with Gasteiger partial charge < -0.3 is 10.2 Å². The second kappa shape index (κ2) is 11.5. The number of hydrogen-bond acceptors (Lipinski definition) is 4. The van der Waals surface area contributed by atoms with E-state index in [1.807, 2.05) is 0 Å². The monoisotopic (exact) mass is 390 g/mol. The van der Waals surface area contributed by atoms with Crippen LogP contribution in [0.5, 0.6) is 0 Å². The highest BCUT2D eigenvalue weighted by molar-refractivity contribution is 5.86. The maximum atomic E-state index is 13.8. The number of aliphatic hydroxyl groups is 1. The maximum absolute atomic E-state index is 13.8. The first-order valence-electron chi connectivity index (χ1n) is 10.0. The molecule has 0 aromatic carbocycles. The zero-order valence-corrected chi connectivity index (χ0v) is 16.1. The number of hydrogen-bond donors (Lipinski definition) is 2. The number of carbonyl (C=O) groups is 3. The molecule has 0 bridgehead atoms. The smallest absolute Gasteiger partial charge is 0.305 e. The van der Waals surface area contributed by atoms with E-state index in [2.05, 4.69) is 0 Å². The molecule has 0 radical (unpaired) electrons. The lowest BCUT2D eigenvalue weighted by Gasteiger charge is -2.22. The summed E-state index contributed by atoms with van der Waals surface area (Å²) in [6.07, 6.45) is 2.89. The Balaban J connectivity index is 2.45. The molecule has 0 aromatic heterocycles. The molecular weight excluding hydrogens is 358 g/mol. The van der Waals surface area contributed by atoms with Crippen LogP contribution in [0.15, 0.2) is 0 Å². The molecule has 0 aromatic rings. The molecule has 1 rings (SSSR count). The van der Waals surface area contributed by atoms with Crippen LogP contribution in [0.25, 0.3) is 0 Å². The van der Waals surface area contributed by atoms with Crippen molar-refractivity contribution in [2.75, 3.05) is 0 Å². The predicted molar refractivity (Wildman–Crippen MR) is 96.7 cm³/mol. The number of carbonyl (C=O) groups excluding carboxylic acids is 2. The Morgan fingerprint density at radius 3 is 2.37 bits per heavy atom. The van der Waals surface area contributed by atoms with Gasteiger partial charge in [0.1, 0.15) is 5.78 Å². The molecule has 3 atom stereocenters. The lowest BCUT2D eigenvalue weighted by atomic mass is 9.85. The van der Waals surface area contributed by atoms with Gasteiger partial charge in [0.25, 0.3) is 0 Å². The molecule has 1 aliphatic carbocycles. The van der Waals surface area contributed by atoms with Crippen molar-refractivity contribution in [1.82, 2.24) is 0 Å². The Hall–Kier alpha value is -1.37. The summed E-state index contributed by atoms with van der Waals surface area (Å²) in [4.78, 5) is 34.4. The van der Waals surface area contributed by atoms with Crippen molar-refractivity contribution in [3.8, 4) is 0 Å². The zero-order chi connectivity index (χ0) is 20.4. The highest BCUT2D eigenvalue weighted by Gasteiger charge is 2.43. The van der Waals surface area contributed by atoms with Gasteiger partial charge >= 0.3 is 11.9 Å². The van der Waals surface area contributed by atoms with Crippen LogP contribution in [0.3, 0.4) is 0 Å². The van der Waals surface area contributed by atoms with E-state index in [-0.39, 0.29) is 37.9 Å². The Kier molecular flexibility index (Phi) is 10.1. The molecule has 0 spiro atoms. The highest BCUT2D eigenvalue weighted by Crippen LogP contribution is 2.37. The lowest BCUT2D eigenvalue weighted by Crippen LogP contribution is -2.30. The second-order valence-electron chi connectivity index (χ2n) is 7.62. The summed E-state index contributed by atoms with van der Waals surface area (Å²) in [5.74, 6) is -6.16. The minimum absolute atomic E-state index is 0.0226. The molecule has 27 heavy (non-hydrogen) atoms. The highest BCUT2D eigenvalue weighted by atomic mass is 19.3. The Bertz CT molecular complexity index is 507. The van der Waals surface area contributed by atoms with Crippen LogP contribution in [-0.4, -0.2) is 39.8 Å². The summed E-state index contributed by atoms with van der Waals surface area (Å²) in [7, 11) is 0. The van der Waals surface area contributed by atoms with Crippen LogP contribution in [0.4, 0.5) is 8.78 Å². The molecular formula is C20H32F2O5. The molecule has 0 unspecified atom stereocenters. The number of carboxylic acids is 1. The van der Waals surface area contributed by atoms with Gasteiger partial charge in [-0.05, 0) is 31.6 Å². The summed E-state index contributed by atoms with van der Waals surface area (Å²) in [6.45, 7) is 1.79. The van der Waals surface area contributed by atoms with Crippen molar-refractivity contribution in [3.63, 3.8) is 0 Å². The minimum atomic E-state index is -3.33. The van der Waals surface area contributed by atoms with E-state index in [1.54, 1.807) is 6.92 Å². The number of rotatable bonds is 14. The van der Waals surface area contributed by atoms with Crippen molar-refractivity contribution < 1.29 is 33.4 Å². The van der Waals surface area contributed by atoms with E-state index in [1.165, 1.54) is 0 Å². The van der Waals surface area contributed by atoms with Crippen molar-refractivity contribution in [2.24, 2.45) is 11.8 Å². The molecule has 0 aliphatic heterocycles. The van der Waals surface area contributed by atoms with Gasteiger partial charge in [0, 0.05) is 31.6 Å². The fourth-order valence-corrected chi connectivity index (χ4v) is 3.80. The molecule has 0 amide bonds. The lowest BCUT2D eigenvalue weighted by molar-refractivity contribution is -0.144. The molecule has 7 heteroatoms. The van der Waals surface area contributed by atoms with Gasteiger partial charge in [-0.2, -0.15) is 8.78 Å².